The van der Waals surface area contributed by atoms with Crippen LogP contribution in [0.4, 0.5) is 0 Å². The summed E-state index contributed by atoms with van der Waals surface area (Å²) >= 11 is 12.3. The molecule has 0 aliphatic rings. The van der Waals surface area contributed by atoms with Crippen molar-refractivity contribution in [2.75, 3.05) is 12.4 Å². The van der Waals surface area contributed by atoms with E-state index >= 15 is 0 Å². The molecule has 0 aliphatic heterocycles. The lowest BCUT2D eigenvalue weighted by Crippen LogP contribution is -2.03. The Balaban J connectivity index is 3.31. The number of benzene rings is 1. The summed E-state index contributed by atoms with van der Waals surface area (Å²) in [7, 11) is 1.48. The van der Waals surface area contributed by atoms with Crippen molar-refractivity contribution in [2.24, 2.45) is 0 Å². The molecule has 1 aromatic rings. The fourth-order valence-corrected chi connectivity index (χ4v) is 1.88. The summed E-state index contributed by atoms with van der Waals surface area (Å²) in [6, 6.07) is 3.40. The molecule has 0 bridgehead atoms. The Bertz CT molecular complexity index is 366. The molecule has 0 saturated heterocycles. The van der Waals surface area contributed by atoms with Gasteiger partial charge in [0.15, 0.2) is 5.78 Å². The second-order valence-corrected chi connectivity index (χ2v) is 4.29. The van der Waals surface area contributed by atoms with E-state index in [1.54, 1.807) is 12.1 Å². The number of hydrogen-bond acceptors (Lipinski definition) is 2. The topological polar surface area (TPSA) is 26.3 Å². The maximum Gasteiger partial charge on any atom is 0.177 e. The highest BCUT2D eigenvalue weighted by Gasteiger charge is 2.15. The number of carbonyl (C=O) groups is 1. The zero-order valence-corrected chi connectivity index (χ0v) is 11.2. The maximum atomic E-state index is 11.5. The van der Waals surface area contributed by atoms with E-state index in [1.807, 2.05) is 0 Å². The number of halogens is 3. The standard InChI is InChI=1S/C9H7Br2ClO2/c1-14-9-5(7(13)4-10)2-3-6(11)8(9)12/h2-3H,4H2,1H3. The molecule has 0 aliphatic carbocycles. The number of ether oxygens (including phenoxy) is 1. The van der Waals surface area contributed by atoms with E-state index in [0.717, 1.165) is 0 Å². The van der Waals surface area contributed by atoms with Crippen LogP contribution >= 0.6 is 43.5 Å². The van der Waals surface area contributed by atoms with E-state index in [4.69, 9.17) is 16.3 Å². The first-order valence-electron chi connectivity index (χ1n) is 3.73. The zero-order chi connectivity index (χ0) is 10.7. The van der Waals surface area contributed by atoms with E-state index in [1.165, 1.54) is 7.11 Å². The Labute approximate surface area is 104 Å². The van der Waals surface area contributed by atoms with E-state index in [0.29, 0.717) is 20.8 Å². The Morgan fingerprint density at radius 2 is 2.21 bits per heavy atom. The molecule has 0 amide bonds. The second-order valence-electron chi connectivity index (χ2n) is 2.50. The average Bonchev–Trinajstić information content (AvgIpc) is 2.20. The van der Waals surface area contributed by atoms with Crippen molar-refractivity contribution >= 4 is 49.2 Å². The molecule has 1 aromatic carbocycles. The van der Waals surface area contributed by atoms with Crippen LogP contribution in [0.2, 0.25) is 5.02 Å². The van der Waals surface area contributed by atoms with Crippen LogP contribution in [-0.2, 0) is 0 Å². The van der Waals surface area contributed by atoms with Gasteiger partial charge in [0.2, 0.25) is 0 Å². The molecule has 0 radical (unpaired) electrons. The van der Waals surface area contributed by atoms with E-state index < -0.39 is 0 Å². The molecule has 0 heterocycles. The van der Waals surface area contributed by atoms with E-state index in [2.05, 4.69) is 31.9 Å². The summed E-state index contributed by atoms with van der Waals surface area (Å²) in [6.07, 6.45) is 0. The van der Waals surface area contributed by atoms with Gasteiger partial charge in [-0.3, -0.25) is 4.79 Å². The Kier molecular flexibility index (Phi) is 4.41. The summed E-state index contributed by atoms with van der Waals surface area (Å²) < 4.78 is 5.79. The van der Waals surface area contributed by atoms with E-state index in [-0.39, 0.29) is 11.1 Å². The lowest BCUT2D eigenvalue weighted by Gasteiger charge is -2.09. The minimum absolute atomic E-state index is 0.0590. The predicted octanol–water partition coefficient (Wildman–Crippen LogP) is 3.69. The molecular weight excluding hydrogens is 335 g/mol. The van der Waals surface area contributed by atoms with Gasteiger partial charge in [0.05, 0.1) is 23.0 Å². The fraction of sp³-hybridized carbons (Fsp3) is 0.222. The van der Waals surface area contributed by atoms with Crippen LogP contribution in [0.3, 0.4) is 0 Å². The number of Topliss-reactive ketones (excluding diaryl/α,β-unsaturated/α-hetero) is 1. The van der Waals surface area contributed by atoms with Crippen molar-refractivity contribution < 1.29 is 9.53 Å². The Morgan fingerprint density at radius 3 is 2.71 bits per heavy atom. The number of rotatable bonds is 3. The van der Waals surface area contributed by atoms with Gasteiger partial charge in [-0.15, -0.1) is 0 Å². The monoisotopic (exact) mass is 340 g/mol. The molecule has 0 aromatic heterocycles. The maximum absolute atomic E-state index is 11.5. The third-order valence-electron chi connectivity index (χ3n) is 1.68. The van der Waals surface area contributed by atoms with Crippen molar-refractivity contribution in [1.29, 1.82) is 0 Å². The molecule has 0 N–H and O–H groups in total. The van der Waals surface area contributed by atoms with Gasteiger partial charge >= 0.3 is 0 Å². The summed E-state index contributed by atoms with van der Waals surface area (Å²) in [5, 5.41) is 0.667. The number of alkyl halides is 1. The molecule has 0 unspecified atom stereocenters. The lowest BCUT2D eigenvalue weighted by atomic mass is 10.1. The van der Waals surface area contributed by atoms with Gasteiger partial charge in [-0.25, -0.2) is 0 Å². The normalized spacial score (nSPS) is 10.0. The van der Waals surface area contributed by atoms with Crippen LogP contribution in [0.5, 0.6) is 5.75 Å². The molecule has 1 rings (SSSR count). The molecule has 14 heavy (non-hydrogen) atoms. The highest BCUT2D eigenvalue weighted by Crippen LogP contribution is 2.35. The van der Waals surface area contributed by atoms with Gasteiger partial charge in [0, 0.05) is 4.47 Å². The Morgan fingerprint density at radius 1 is 1.57 bits per heavy atom. The molecule has 0 fully saturated rings. The van der Waals surface area contributed by atoms with Crippen LogP contribution in [0.15, 0.2) is 16.6 Å². The van der Waals surface area contributed by atoms with Crippen LogP contribution in [0.1, 0.15) is 10.4 Å². The minimum Gasteiger partial charge on any atom is -0.494 e. The van der Waals surface area contributed by atoms with Crippen LogP contribution in [0, 0.1) is 0 Å². The van der Waals surface area contributed by atoms with Crippen molar-refractivity contribution in [3.63, 3.8) is 0 Å². The van der Waals surface area contributed by atoms with Gasteiger partial charge < -0.3 is 4.74 Å². The van der Waals surface area contributed by atoms with Gasteiger partial charge in [0.1, 0.15) is 5.75 Å². The third-order valence-corrected chi connectivity index (χ3v) is 3.45. The van der Waals surface area contributed by atoms with Crippen molar-refractivity contribution in [1.82, 2.24) is 0 Å². The van der Waals surface area contributed by atoms with E-state index in [9.17, 15) is 4.79 Å². The van der Waals surface area contributed by atoms with Gasteiger partial charge in [-0.05, 0) is 28.1 Å². The molecule has 0 spiro atoms. The molecule has 0 saturated carbocycles. The summed E-state index contributed by atoms with van der Waals surface area (Å²) in [5.74, 6) is 0.349. The highest BCUT2D eigenvalue weighted by molar-refractivity contribution is 9.10. The number of carbonyl (C=O) groups excluding carboxylic acids is 1. The minimum atomic E-state index is -0.0590. The fourth-order valence-electron chi connectivity index (χ4n) is 1.02. The molecular formula is C9H7Br2ClO2. The van der Waals surface area contributed by atoms with Crippen LogP contribution < -0.4 is 4.74 Å². The van der Waals surface area contributed by atoms with Gasteiger partial charge in [-0.2, -0.15) is 0 Å². The first-order valence-corrected chi connectivity index (χ1v) is 6.02. The first-order chi connectivity index (χ1) is 6.61. The smallest absolute Gasteiger partial charge is 0.177 e. The third kappa shape index (κ3) is 2.30. The van der Waals surface area contributed by atoms with Crippen LogP contribution in [-0.4, -0.2) is 18.2 Å². The second kappa shape index (κ2) is 5.14. The molecule has 2 nitrogen and oxygen atoms in total. The Hall–Kier alpha value is -0.0600. The summed E-state index contributed by atoms with van der Waals surface area (Å²) in [4.78, 5) is 11.5. The predicted molar refractivity (Wildman–Crippen MR) is 63.8 cm³/mol. The number of ketones is 1. The quantitative estimate of drug-likeness (QED) is 0.619. The highest BCUT2D eigenvalue weighted by atomic mass is 79.9. The summed E-state index contributed by atoms with van der Waals surface area (Å²) in [6.45, 7) is 0. The van der Waals surface area contributed by atoms with Crippen molar-refractivity contribution in [3.05, 3.63) is 27.2 Å². The zero-order valence-electron chi connectivity index (χ0n) is 7.31. The first kappa shape index (κ1) is 12.0. The number of methoxy groups -OCH3 is 1. The average molecular weight is 342 g/mol. The van der Waals surface area contributed by atoms with Crippen molar-refractivity contribution in [3.8, 4) is 5.75 Å². The van der Waals surface area contributed by atoms with Gasteiger partial charge in [-0.1, -0.05) is 27.5 Å². The molecule has 5 heteroatoms. The SMILES string of the molecule is COc1c(C(=O)CBr)ccc(Br)c1Cl. The summed E-state index contributed by atoms with van der Waals surface area (Å²) in [5.41, 5.74) is 0.484. The largest absolute Gasteiger partial charge is 0.494 e. The lowest BCUT2D eigenvalue weighted by molar-refractivity contribution is 0.102. The molecule has 76 valence electrons. The van der Waals surface area contributed by atoms with Crippen molar-refractivity contribution in [2.45, 2.75) is 0 Å². The molecule has 0 atom stereocenters. The van der Waals surface area contributed by atoms with Gasteiger partial charge in [0.25, 0.3) is 0 Å². The van der Waals surface area contributed by atoms with Crippen LogP contribution in [0.25, 0.3) is 0 Å². The number of hydrogen-bond donors (Lipinski definition) is 0.